The molecule has 0 radical (unpaired) electrons. The molecule has 1 amide bonds. The summed E-state index contributed by atoms with van der Waals surface area (Å²) in [7, 11) is 3.02. The summed E-state index contributed by atoms with van der Waals surface area (Å²) in [5.41, 5.74) is 3.28. The smallest absolute Gasteiger partial charge is 0.271 e. The minimum atomic E-state index is -0.415. The Morgan fingerprint density at radius 1 is 1.09 bits per heavy atom. The molecule has 7 heteroatoms. The molecule has 1 N–H and O–H groups in total. The van der Waals surface area contributed by atoms with Gasteiger partial charge in [0.1, 0.15) is 11.5 Å². The predicted molar refractivity (Wildman–Crippen MR) is 91.1 cm³/mol. The molecule has 0 saturated carbocycles. The molecule has 0 saturated heterocycles. The van der Waals surface area contributed by atoms with Crippen LogP contribution >= 0.6 is 23.2 Å². The van der Waals surface area contributed by atoms with Crippen LogP contribution in [0.2, 0.25) is 10.0 Å². The van der Waals surface area contributed by atoms with Gasteiger partial charge in [-0.1, -0.05) is 29.3 Å². The molecule has 0 heterocycles. The van der Waals surface area contributed by atoms with E-state index < -0.39 is 5.91 Å². The highest BCUT2D eigenvalue weighted by atomic mass is 35.5. The van der Waals surface area contributed by atoms with Gasteiger partial charge in [0.25, 0.3) is 5.91 Å². The lowest BCUT2D eigenvalue weighted by atomic mass is 10.2. The summed E-state index contributed by atoms with van der Waals surface area (Å²) in [4.78, 5) is 12.1. The molecule has 0 atom stereocenters. The molecule has 23 heavy (non-hydrogen) atoms. The lowest BCUT2D eigenvalue weighted by Crippen LogP contribution is -2.17. The Balaban J connectivity index is 2.15. The van der Waals surface area contributed by atoms with Crippen molar-refractivity contribution in [2.24, 2.45) is 5.10 Å². The third kappa shape index (κ3) is 4.37. The minimum absolute atomic E-state index is 0.351. The Bertz CT molecular complexity index is 706. The number of hydrogen-bond acceptors (Lipinski definition) is 4. The largest absolute Gasteiger partial charge is 0.497 e. The topological polar surface area (TPSA) is 59.9 Å². The fraction of sp³-hybridized carbons (Fsp3) is 0.125. The molecule has 0 aromatic heterocycles. The molecule has 0 aliphatic rings. The van der Waals surface area contributed by atoms with E-state index in [-0.39, 0.29) is 0 Å². The number of rotatable bonds is 5. The van der Waals surface area contributed by atoms with Crippen molar-refractivity contribution in [2.45, 2.75) is 0 Å². The quantitative estimate of drug-likeness (QED) is 0.658. The van der Waals surface area contributed by atoms with Gasteiger partial charge in [-0.15, -0.1) is 0 Å². The Labute approximate surface area is 143 Å². The molecule has 0 aliphatic heterocycles. The van der Waals surface area contributed by atoms with Gasteiger partial charge < -0.3 is 9.47 Å². The van der Waals surface area contributed by atoms with Crippen LogP contribution in [0.3, 0.4) is 0 Å². The number of carbonyl (C=O) groups excluding carboxylic acids is 1. The Morgan fingerprint density at radius 2 is 1.65 bits per heavy atom. The van der Waals surface area contributed by atoms with Crippen LogP contribution < -0.4 is 14.9 Å². The molecule has 2 aromatic carbocycles. The van der Waals surface area contributed by atoms with Crippen molar-refractivity contribution < 1.29 is 14.3 Å². The molecule has 2 rings (SSSR count). The van der Waals surface area contributed by atoms with E-state index in [9.17, 15) is 4.79 Å². The summed E-state index contributed by atoms with van der Waals surface area (Å²) >= 11 is 12.0. The average Bonchev–Trinajstić information content (AvgIpc) is 2.56. The van der Waals surface area contributed by atoms with Crippen LogP contribution in [0.4, 0.5) is 0 Å². The van der Waals surface area contributed by atoms with Gasteiger partial charge >= 0.3 is 0 Å². The maximum absolute atomic E-state index is 12.1. The summed E-state index contributed by atoms with van der Waals surface area (Å²) in [5.74, 6) is 0.599. The Morgan fingerprint density at radius 3 is 2.17 bits per heavy atom. The monoisotopic (exact) mass is 352 g/mol. The molecule has 0 bridgehead atoms. The standard InChI is InChI=1S/C16H14Cl2N2O3/c1-22-11-6-10(7-12(8-11)23-2)16(21)20-19-9-13-14(17)4-3-5-15(13)18/h3-9H,1-2H3,(H,20,21)/b19-9-. The first-order chi connectivity index (χ1) is 11.0. The molecule has 0 spiro atoms. The fourth-order valence-electron chi connectivity index (χ4n) is 1.79. The highest BCUT2D eigenvalue weighted by Gasteiger charge is 2.09. The summed E-state index contributed by atoms with van der Waals surface area (Å²) < 4.78 is 10.2. The fourth-order valence-corrected chi connectivity index (χ4v) is 2.29. The van der Waals surface area contributed by atoms with E-state index in [0.29, 0.717) is 32.7 Å². The lowest BCUT2D eigenvalue weighted by Gasteiger charge is -2.07. The SMILES string of the molecule is COc1cc(OC)cc(C(=O)N/N=C\c2c(Cl)cccc2Cl)c1. The number of methoxy groups -OCH3 is 2. The number of hydrazone groups is 1. The highest BCUT2D eigenvalue weighted by molar-refractivity contribution is 6.38. The van der Waals surface area contributed by atoms with Gasteiger partial charge in [-0.25, -0.2) is 5.43 Å². The highest BCUT2D eigenvalue weighted by Crippen LogP contribution is 2.23. The van der Waals surface area contributed by atoms with Gasteiger partial charge in [-0.3, -0.25) is 4.79 Å². The third-order valence-corrected chi connectivity index (χ3v) is 3.63. The maximum Gasteiger partial charge on any atom is 0.271 e. The molecule has 0 unspecified atom stereocenters. The zero-order valence-corrected chi connectivity index (χ0v) is 14.0. The van der Waals surface area contributed by atoms with Crippen LogP contribution in [0.15, 0.2) is 41.5 Å². The van der Waals surface area contributed by atoms with Crippen molar-refractivity contribution in [3.8, 4) is 11.5 Å². The van der Waals surface area contributed by atoms with E-state index in [4.69, 9.17) is 32.7 Å². The zero-order chi connectivity index (χ0) is 16.8. The van der Waals surface area contributed by atoms with Gasteiger partial charge in [0.15, 0.2) is 0 Å². The van der Waals surface area contributed by atoms with Gasteiger partial charge in [0, 0.05) is 17.2 Å². The van der Waals surface area contributed by atoms with Crippen LogP contribution in [0.5, 0.6) is 11.5 Å². The summed E-state index contributed by atoms with van der Waals surface area (Å²) in [6.45, 7) is 0. The van der Waals surface area contributed by atoms with Gasteiger partial charge in [-0.05, 0) is 24.3 Å². The molecular weight excluding hydrogens is 339 g/mol. The summed E-state index contributed by atoms with van der Waals surface area (Å²) in [6.07, 6.45) is 1.39. The number of nitrogens with zero attached hydrogens (tertiary/aromatic N) is 1. The van der Waals surface area contributed by atoms with E-state index in [1.807, 2.05) is 0 Å². The minimum Gasteiger partial charge on any atom is -0.497 e. The number of carbonyl (C=O) groups is 1. The van der Waals surface area contributed by atoms with Crippen molar-refractivity contribution in [2.75, 3.05) is 14.2 Å². The van der Waals surface area contributed by atoms with Crippen LogP contribution in [0.25, 0.3) is 0 Å². The van der Waals surface area contributed by atoms with Crippen LogP contribution in [-0.2, 0) is 0 Å². The van der Waals surface area contributed by atoms with E-state index in [2.05, 4.69) is 10.5 Å². The van der Waals surface area contributed by atoms with Crippen LogP contribution in [-0.4, -0.2) is 26.3 Å². The number of hydrogen-bond donors (Lipinski definition) is 1. The van der Waals surface area contributed by atoms with Crippen molar-refractivity contribution in [3.63, 3.8) is 0 Å². The van der Waals surface area contributed by atoms with Crippen molar-refractivity contribution in [1.29, 1.82) is 0 Å². The number of amides is 1. The van der Waals surface area contributed by atoms with Gasteiger partial charge in [0.2, 0.25) is 0 Å². The number of halogens is 2. The molecule has 2 aromatic rings. The lowest BCUT2D eigenvalue weighted by molar-refractivity contribution is 0.0954. The first-order valence-corrected chi connectivity index (χ1v) is 7.31. The molecule has 0 fully saturated rings. The predicted octanol–water partition coefficient (Wildman–Crippen LogP) is 3.77. The number of nitrogens with one attached hydrogen (secondary N) is 1. The number of benzene rings is 2. The van der Waals surface area contributed by atoms with E-state index >= 15 is 0 Å². The molecule has 5 nitrogen and oxygen atoms in total. The first-order valence-electron chi connectivity index (χ1n) is 6.55. The first kappa shape index (κ1) is 17.1. The van der Waals surface area contributed by atoms with Crippen LogP contribution in [0.1, 0.15) is 15.9 Å². The van der Waals surface area contributed by atoms with Gasteiger partial charge in [-0.2, -0.15) is 5.10 Å². The Kier molecular flexibility index (Phi) is 5.84. The average molecular weight is 353 g/mol. The van der Waals surface area contributed by atoms with Gasteiger partial charge in [0.05, 0.1) is 30.5 Å². The van der Waals surface area contributed by atoms with Crippen molar-refractivity contribution >= 4 is 35.3 Å². The summed E-state index contributed by atoms with van der Waals surface area (Å²) in [6, 6.07) is 9.92. The maximum atomic E-state index is 12.1. The van der Waals surface area contributed by atoms with Crippen molar-refractivity contribution in [3.05, 3.63) is 57.6 Å². The molecule has 120 valence electrons. The second kappa shape index (κ2) is 7.85. The zero-order valence-electron chi connectivity index (χ0n) is 12.5. The third-order valence-electron chi connectivity index (χ3n) is 2.97. The van der Waals surface area contributed by atoms with Crippen molar-refractivity contribution in [1.82, 2.24) is 5.43 Å². The molecular formula is C16H14Cl2N2O3. The van der Waals surface area contributed by atoms with E-state index in [1.165, 1.54) is 20.4 Å². The normalized spacial score (nSPS) is 10.6. The Hall–Kier alpha value is -2.24. The summed E-state index contributed by atoms with van der Waals surface area (Å²) in [5, 5.41) is 4.76. The van der Waals surface area contributed by atoms with E-state index in [1.54, 1.807) is 36.4 Å². The molecule has 0 aliphatic carbocycles. The number of ether oxygens (including phenoxy) is 2. The van der Waals surface area contributed by atoms with E-state index in [0.717, 1.165) is 0 Å². The second-order valence-corrected chi connectivity index (χ2v) is 5.25. The second-order valence-electron chi connectivity index (χ2n) is 4.44. The van der Waals surface area contributed by atoms with Crippen LogP contribution in [0, 0.1) is 0 Å².